The van der Waals surface area contributed by atoms with Gasteiger partial charge in [0.25, 0.3) is 0 Å². The minimum atomic E-state index is -0.330. The topological polar surface area (TPSA) is 44.1 Å². The predicted octanol–water partition coefficient (Wildman–Crippen LogP) is 2.71. The highest BCUT2D eigenvalue weighted by Crippen LogP contribution is 2.21. The normalized spacial score (nSPS) is 11.1. The molecule has 0 saturated carbocycles. The molecule has 0 amide bonds. The zero-order valence-corrected chi connectivity index (χ0v) is 10.5. The van der Waals surface area contributed by atoms with Gasteiger partial charge in [-0.2, -0.15) is 0 Å². The third-order valence-corrected chi connectivity index (χ3v) is 2.80. The van der Waals surface area contributed by atoms with E-state index in [1.54, 1.807) is 12.1 Å². The van der Waals surface area contributed by atoms with Crippen LogP contribution in [0.4, 0.5) is 0 Å². The van der Waals surface area contributed by atoms with E-state index in [0.717, 1.165) is 16.9 Å². The number of methoxy groups -OCH3 is 1. The fraction of sp³-hybridized carbons (Fsp3) is 0.385. The Morgan fingerprint density at radius 1 is 1.41 bits per heavy atom. The summed E-state index contributed by atoms with van der Waals surface area (Å²) in [5, 5.41) is 0. The Bertz CT molecular complexity index is 570. The summed E-state index contributed by atoms with van der Waals surface area (Å²) in [5.41, 5.74) is 2.41. The highest BCUT2D eigenvalue weighted by atomic mass is 16.5. The third kappa shape index (κ3) is 1.90. The molecule has 0 bridgehead atoms. The van der Waals surface area contributed by atoms with Gasteiger partial charge < -0.3 is 9.30 Å². The van der Waals surface area contributed by atoms with Crippen LogP contribution in [0.25, 0.3) is 11.0 Å². The Kier molecular flexibility index (Phi) is 2.88. The number of ether oxygens (including phenoxy) is 1. The second kappa shape index (κ2) is 4.20. The number of carbonyl (C=O) groups excluding carboxylic acids is 1. The van der Waals surface area contributed by atoms with Gasteiger partial charge in [-0.3, -0.25) is 0 Å². The van der Waals surface area contributed by atoms with Crippen LogP contribution in [0.2, 0.25) is 0 Å². The molecule has 0 atom stereocenters. The Labute approximate surface area is 100 Å². The Morgan fingerprint density at radius 2 is 2.12 bits per heavy atom. The summed E-state index contributed by atoms with van der Waals surface area (Å²) >= 11 is 0. The van der Waals surface area contributed by atoms with Crippen molar-refractivity contribution >= 4 is 17.0 Å². The predicted molar refractivity (Wildman–Crippen MR) is 66.2 cm³/mol. The Balaban J connectivity index is 2.61. The van der Waals surface area contributed by atoms with E-state index in [0.29, 0.717) is 11.6 Å². The van der Waals surface area contributed by atoms with Crippen LogP contribution >= 0.6 is 0 Å². The first-order chi connectivity index (χ1) is 8.04. The van der Waals surface area contributed by atoms with Crippen molar-refractivity contribution in [1.82, 2.24) is 9.55 Å². The van der Waals surface area contributed by atoms with Crippen LogP contribution < -0.4 is 0 Å². The van der Waals surface area contributed by atoms with Gasteiger partial charge in [0.2, 0.25) is 0 Å². The van der Waals surface area contributed by atoms with Gasteiger partial charge in [-0.25, -0.2) is 9.78 Å². The molecule has 0 fully saturated rings. The molecule has 4 heteroatoms. The van der Waals surface area contributed by atoms with Crippen molar-refractivity contribution in [1.29, 1.82) is 0 Å². The van der Waals surface area contributed by atoms with Crippen molar-refractivity contribution in [2.24, 2.45) is 0 Å². The molecule has 2 rings (SSSR count). The lowest BCUT2D eigenvalue weighted by Crippen LogP contribution is -2.03. The summed E-state index contributed by atoms with van der Waals surface area (Å²) in [6, 6.07) is 5.81. The maximum Gasteiger partial charge on any atom is 0.337 e. The lowest BCUT2D eigenvalue weighted by molar-refractivity contribution is 0.0601. The molecule has 0 aliphatic carbocycles. The van der Waals surface area contributed by atoms with Gasteiger partial charge in [0.05, 0.1) is 23.7 Å². The SMILES string of the molecule is COC(=O)c1ccc2c(c1)nc(C)n2C(C)C. The van der Waals surface area contributed by atoms with E-state index in [4.69, 9.17) is 4.74 Å². The molecule has 0 N–H and O–H groups in total. The summed E-state index contributed by atoms with van der Waals surface area (Å²) in [6.07, 6.45) is 0. The number of benzene rings is 1. The van der Waals surface area contributed by atoms with Crippen molar-refractivity contribution in [3.05, 3.63) is 29.6 Å². The summed E-state index contributed by atoms with van der Waals surface area (Å²) in [4.78, 5) is 15.9. The summed E-state index contributed by atoms with van der Waals surface area (Å²) in [6.45, 7) is 6.20. The zero-order chi connectivity index (χ0) is 12.6. The number of imidazole rings is 1. The highest BCUT2D eigenvalue weighted by Gasteiger charge is 2.12. The van der Waals surface area contributed by atoms with Gasteiger partial charge in [0.1, 0.15) is 5.82 Å². The van der Waals surface area contributed by atoms with E-state index >= 15 is 0 Å². The molecule has 2 aromatic rings. The first-order valence-corrected chi connectivity index (χ1v) is 5.61. The Morgan fingerprint density at radius 3 is 2.71 bits per heavy atom. The van der Waals surface area contributed by atoms with Crippen molar-refractivity contribution in [2.75, 3.05) is 7.11 Å². The molecule has 0 aliphatic rings. The van der Waals surface area contributed by atoms with Crippen LogP contribution in [0.15, 0.2) is 18.2 Å². The molecule has 1 heterocycles. The van der Waals surface area contributed by atoms with Crippen molar-refractivity contribution < 1.29 is 9.53 Å². The molecule has 0 saturated heterocycles. The van der Waals surface area contributed by atoms with Gasteiger partial charge in [-0.15, -0.1) is 0 Å². The molecule has 1 aromatic carbocycles. The number of carbonyl (C=O) groups is 1. The van der Waals surface area contributed by atoms with Gasteiger partial charge >= 0.3 is 5.97 Å². The molecule has 0 aliphatic heterocycles. The monoisotopic (exact) mass is 232 g/mol. The standard InChI is InChI=1S/C13H16N2O2/c1-8(2)15-9(3)14-11-7-10(13(16)17-4)5-6-12(11)15/h5-8H,1-4H3. The van der Waals surface area contributed by atoms with Crippen LogP contribution in [-0.4, -0.2) is 22.6 Å². The van der Waals surface area contributed by atoms with E-state index in [2.05, 4.69) is 23.4 Å². The van der Waals surface area contributed by atoms with Crippen LogP contribution in [0.1, 0.15) is 36.1 Å². The van der Waals surface area contributed by atoms with E-state index < -0.39 is 0 Å². The first kappa shape index (κ1) is 11.6. The van der Waals surface area contributed by atoms with E-state index in [1.165, 1.54) is 7.11 Å². The molecule has 4 nitrogen and oxygen atoms in total. The van der Waals surface area contributed by atoms with Gasteiger partial charge in [0.15, 0.2) is 0 Å². The fourth-order valence-electron chi connectivity index (χ4n) is 2.12. The van der Waals surface area contributed by atoms with Gasteiger partial charge in [-0.1, -0.05) is 0 Å². The van der Waals surface area contributed by atoms with E-state index in [-0.39, 0.29) is 5.97 Å². The molecule has 90 valence electrons. The first-order valence-electron chi connectivity index (χ1n) is 5.61. The Hall–Kier alpha value is -1.84. The van der Waals surface area contributed by atoms with Crippen molar-refractivity contribution in [2.45, 2.75) is 26.8 Å². The molecule has 0 spiro atoms. The number of nitrogens with zero attached hydrogens (tertiary/aromatic N) is 2. The average Bonchev–Trinajstić information content (AvgIpc) is 2.62. The lowest BCUT2D eigenvalue weighted by Gasteiger charge is -2.10. The molecule has 0 radical (unpaired) electrons. The van der Waals surface area contributed by atoms with Gasteiger partial charge in [-0.05, 0) is 39.0 Å². The number of hydrogen-bond donors (Lipinski definition) is 0. The molecule has 17 heavy (non-hydrogen) atoms. The van der Waals surface area contributed by atoms with Crippen LogP contribution in [0.5, 0.6) is 0 Å². The number of esters is 1. The zero-order valence-electron chi connectivity index (χ0n) is 10.5. The molecule has 1 aromatic heterocycles. The molecular formula is C13H16N2O2. The number of aryl methyl sites for hydroxylation is 1. The highest BCUT2D eigenvalue weighted by molar-refractivity contribution is 5.93. The minimum Gasteiger partial charge on any atom is -0.465 e. The largest absolute Gasteiger partial charge is 0.465 e. The number of hydrogen-bond acceptors (Lipinski definition) is 3. The van der Waals surface area contributed by atoms with E-state index in [1.807, 2.05) is 13.0 Å². The van der Waals surface area contributed by atoms with Crippen molar-refractivity contribution in [3.8, 4) is 0 Å². The van der Waals surface area contributed by atoms with E-state index in [9.17, 15) is 4.79 Å². The minimum absolute atomic E-state index is 0.330. The number of fused-ring (bicyclic) bond motifs is 1. The smallest absolute Gasteiger partial charge is 0.337 e. The van der Waals surface area contributed by atoms with Crippen LogP contribution in [0.3, 0.4) is 0 Å². The van der Waals surface area contributed by atoms with Gasteiger partial charge in [0, 0.05) is 6.04 Å². The second-order valence-corrected chi connectivity index (χ2v) is 4.32. The number of rotatable bonds is 2. The lowest BCUT2D eigenvalue weighted by atomic mass is 10.2. The second-order valence-electron chi connectivity index (χ2n) is 4.32. The summed E-state index contributed by atoms with van der Waals surface area (Å²) < 4.78 is 6.85. The third-order valence-electron chi connectivity index (χ3n) is 2.80. The number of aromatic nitrogens is 2. The summed E-state index contributed by atoms with van der Waals surface area (Å²) in [5.74, 6) is 0.626. The summed E-state index contributed by atoms with van der Waals surface area (Å²) in [7, 11) is 1.38. The van der Waals surface area contributed by atoms with Crippen LogP contribution in [0, 0.1) is 6.92 Å². The van der Waals surface area contributed by atoms with Crippen LogP contribution in [-0.2, 0) is 4.74 Å². The quantitative estimate of drug-likeness (QED) is 0.748. The average molecular weight is 232 g/mol. The molecule has 0 unspecified atom stereocenters. The maximum atomic E-state index is 11.4. The van der Waals surface area contributed by atoms with Crippen molar-refractivity contribution in [3.63, 3.8) is 0 Å². The molecular weight excluding hydrogens is 216 g/mol. The fourth-order valence-corrected chi connectivity index (χ4v) is 2.12. The maximum absolute atomic E-state index is 11.4.